The third-order valence-electron chi connectivity index (χ3n) is 5.08. The van der Waals surface area contributed by atoms with E-state index in [4.69, 9.17) is 4.74 Å². The fraction of sp³-hybridized carbons (Fsp3) is 1.00. The van der Waals surface area contributed by atoms with Gasteiger partial charge in [-0.2, -0.15) is 0 Å². The lowest BCUT2D eigenvalue weighted by Gasteiger charge is -2.41. The highest BCUT2D eigenvalue weighted by Gasteiger charge is 2.45. The third-order valence-corrected chi connectivity index (χ3v) is 5.08. The first kappa shape index (κ1) is 11.0. The van der Waals surface area contributed by atoms with Crippen LogP contribution in [0, 0.1) is 5.41 Å². The molecule has 3 aliphatic rings. The molecule has 2 heterocycles. The van der Waals surface area contributed by atoms with Crippen LogP contribution in [0.15, 0.2) is 0 Å². The maximum Gasteiger partial charge on any atom is 0.0825 e. The fourth-order valence-corrected chi connectivity index (χ4v) is 3.81. The number of nitrogens with two attached hydrogens (primary N) is 1. The Morgan fingerprint density at radius 2 is 2.19 bits per heavy atom. The number of piperidine rings is 1. The number of nitrogens with zero attached hydrogens (tertiary/aromatic N) is 1. The molecule has 1 aliphatic carbocycles. The summed E-state index contributed by atoms with van der Waals surface area (Å²) in [5.74, 6) is 0. The highest BCUT2D eigenvalue weighted by Crippen LogP contribution is 2.39. The van der Waals surface area contributed by atoms with Gasteiger partial charge in [0.2, 0.25) is 0 Å². The number of methoxy groups -OCH3 is 1. The number of ether oxygens (including phenoxy) is 1. The Hall–Kier alpha value is -0.120. The summed E-state index contributed by atoms with van der Waals surface area (Å²) in [6.45, 7) is 5.44. The normalized spacial score (nSPS) is 44.8. The van der Waals surface area contributed by atoms with Gasteiger partial charge in [0, 0.05) is 25.1 Å². The molecule has 0 aromatic heterocycles. The third kappa shape index (κ3) is 1.89. The molecule has 2 aliphatic heterocycles. The molecule has 1 spiro atoms. The quantitative estimate of drug-likeness (QED) is 0.728. The first-order chi connectivity index (χ1) is 7.81. The first-order valence-corrected chi connectivity index (χ1v) is 6.90. The fourth-order valence-electron chi connectivity index (χ4n) is 3.81. The van der Waals surface area contributed by atoms with E-state index in [-0.39, 0.29) is 0 Å². The monoisotopic (exact) mass is 225 g/mol. The highest BCUT2D eigenvalue weighted by atomic mass is 16.5. The molecule has 92 valence electrons. The summed E-state index contributed by atoms with van der Waals surface area (Å²) in [6, 6.07) is 0.839. The predicted octanol–water partition coefficient (Wildman–Crippen LogP) is 0.213. The average molecular weight is 225 g/mol. The summed E-state index contributed by atoms with van der Waals surface area (Å²) in [4.78, 5) is 2.74. The molecule has 2 N–H and O–H groups in total. The maximum atomic E-state index is 5.38. The van der Waals surface area contributed by atoms with Crippen LogP contribution in [0.3, 0.4) is 0 Å². The van der Waals surface area contributed by atoms with Crippen molar-refractivity contribution in [3.05, 3.63) is 0 Å². The zero-order chi connectivity index (χ0) is 11.0. The molecule has 3 fully saturated rings. The molecule has 0 aromatic rings. The second-order valence-corrected chi connectivity index (χ2v) is 6.09. The van der Waals surface area contributed by atoms with E-state index in [1.54, 1.807) is 0 Å². The van der Waals surface area contributed by atoms with Crippen LogP contribution >= 0.6 is 0 Å². The van der Waals surface area contributed by atoms with E-state index in [2.05, 4.69) is 10.2 Å². The lowest BCUT2D eigenvalue weighted by Crippen LogP contribution is -2.89. The standard InChI is InChI=1S/C13H24N2O/c1-16-12-7-11(8-12)15-6-4-13(10-15)3-2-5-14-9-13/h11-12,14H,2-10H2,1H3/p+1. The molecule has 3 rings (SSSR count). The van der Waals surface area contributed by atoms with Crippen LogP contribution in [0.5, 0.6) is 0 Å². The topological polar surface area (TPSA) is 29.1 Å². The molecule has 1 atom stereocenters. The average Bonchev–Trinajstić information content (AvgIpc) is 2.62. The summed E-state index contributed by atoms with van der Waals surface area (Å²) in [5, 5.41) is 2.53. The SMILES string of the molecule is COC1CC(N2CCC3(CCC[NH2+]C3)C2)C1. The Labute approximate surface area is 98.5 Å². The zero-order valence-electron chi connectivity index (χ0n) is 10.5. The Balaban J connectivity index is 1.53. The molecule has 3 nitrogen and oxygen atoms in total. The van der Waals surface area contributed by atoms with E-state index in [0.717, 1.165) is 6.04 Å². The van der Waals surface area contributed by atoms with Gasteiger partial charge in [-0.1, -0.05) is 0 Å². The molecule has 1 saturated carbocycles. The van der Waals surface area contributed by atoms with Crippen molar-refractivity contribution < 1.29 is 10.1 Å². The number of hydrogen-bond donors (Lipinski definition) is 1. The minimum atomic E-state index is 0.555. The van der Waals surface area contributed by atoms with Crippen LogP contribution in [0.4, 0.5) is 0 Å². The van der Waals surface area contributed by atoms with Crippen molar-refractivity contribution in [3.8, 4) is 0 Å². The van der Waals surface area contributed by atoms with E-state index in [0.29, 0.717) is 11.5 Å². The van der Waals surface area contributed by atoms with Crippen LogP contribution in [-0.4, -0.2) is 50.3 Å². The van der Waals surface area contributed by atoms with Crippen molar-refractivity contribution in [2.24, 2.45) is 5.41 Å². The van der Waals surface area contributed by atoms with E-state index in [1.807, 2.05) is 7.11 Å². The van der Waals surface area contributed by atoms with Gasteiger partial charge < -0.3 is 10.1 Å². The van der Waals surface area contributed by atoms with Crippen LogP contribution in [0.1, 0.15) is 32.1 Å². The van der Waals surface area contributed by atoms with Gasteiger partial charge in [-0.3, -0.25) is 4.90 Å². The molecule has 0 radical (unpaired) electrons. The van der Waals surface area contributed by atoms with Crippen molar-refractivity contribution in [1.29, 1.82) is 0 Å². The Kier molecular flexibility index (Phi) is 2.94. The first-order valence-electron chi connectivity index (χ1n) is 6.90. The van der Waals surface area contributed by atoms with Gasteiger partial charge in [-0.15, -0.1) is 0 Å². The van der Waals surface area contributed by atoms with Crippen molar-refractivity contribution in [2.75, 3.05) is 33.3 Å². The van der Waals surface area contributed by atoms with Gasteiger partial charge >= 0.3 is 0 Å². The van der Waals surface area contributed by atoms with Crippen molar-refractivity contribution in [1.82, 2.24) is 4.90 Å². The molecular formula is C13H25N2O+. The smallest absolute Gasteiger partial charge is 0.0825 e. The molecule has 0 aromatic carbocycles. The largest absolute Gasteiger partial charge is 0.381 e. The van der Waals surface area contributed by atoms with E-state index < -0.39 is 0 Å². The highest BCUT2D eigenvalue weighted by molar-refractivity contribution is 4.97. The van der Waals surface area contributed by atoms with E-state index >= 15 is 0 Å². The lowest BCUT2D eigenvalue weighted by atomic mass is 9.80. The van der Waals surface area contributed by atoms with Crippen LogP contribution in [0.25, 0.3) is 0 Å². The minimum Gasteiger partial charge on any atom is -0.381 e. The molecule has 16 heavy (non-hydrogen) atoms. The molecule has 1 unspecified atom stereocenters. The minimum absolute atomic E-state index is 0.555. The molecule has 3 heteroatoms. The second-order valence-electron chi connectivity index (χ2n) is 6.09. The molecule has 0 amide bonds. The van der Waals surface area contributed by atoms with Gasteiger partial charge in [0.1, 0.15) is 0 Å². The van der Waals surface area contributed by atoms with E-state index in [1.165, 1.54) is 58.3 Å². The summed E-state index contributed by atoms with van der Waals surface area (Å²) in [7, 11) is 1.85. The summed E-state index contributed by atoms with van der Waals surface area (Å²) < 4.78 is 5.38. The Morgan fingerprint density at radius 3 is 2.88 bits per heavy atom. The summed E-state index contributed by atoms with van der Waals surface area (Å²) in [6.07, 6.45) is 7.45. The van der Waals surface area contributed by atoms with Crippen LogP contribution in [0.2, 0.25) is 0 Å². The van der Waals surface area contributed by atoms with Gasteiger partial charge in [0.15, 0.2) is 0 Å². The molecule has 2 saturated heterocycles. The van der Waals surface area contributed by atoms with Gasteiger partial charge in [0.05, 0.1) is 19.2 Å². The zero-order valence-corrected chi connectivity index (χ0v) is 10.5. The summed E-state index contributed by atoms with van der Waals surface area (Å²) >= 11 is 0. The number of quaternary nitrogens is 1. The maximum absolute atomic E-state index is 5.38. The van der Waals surface area contributed by atoms with Gasteiger partial charge in [-0.05, 0) is 38.6 Å². The van der Waals surface area contributed by atoms with Crippen LogP contribution in [-0.2, 0) is 4.74 Å². The molecule has 0 bridgehead atoms. The number of rotatable bonds is 2. The molecular weight excluding hydrogens is 200 g/mol. The predicted molar refractivity (Wildman–Crippen MR) is 63.3 cm³/mol. The second kappa shape index (κ2) is 4.28. The lowest BCUT2D eigenvalue weighted by molar-refractivity contribution is -0.675. The van der Waals surface area contributed by atoms with Crippen molar-refractivity contribution in [3.63, 3.8) is 0 Å². The van der Waals surface area contributed by atoms with E-state index in [9.17, 15) is 0 Å². The van der Waals surface area contributed by atoms with Crippen LogP contribution < -0.4 is 5.32 Å². The van der Waals surface area contributed by atoms with Crippen molar-refractivity contribution in [2.45, 2.75) is 44.2 Å². The number of likely N-dealkylation sites (tertiary alicyclic amines) is 1. The summed E-state index contributed by atoms with van der Waals surface area (Å²) in [5.41, 5.74) is 0.677. The van der Waals surface area contributed by atoms with Crippen molar-refractivity contribution >= 4 is 0 Å². The van der Waals surface area contributed by atoms with Gasteiger partial charge in [-0.25, -0.2) is 0 Å². The Bertz CT molecular complexity index is 244. The number of hydrogen-bond acceptors (Lipinski definition) is 2. The van der Waals surface area contributed by atoms with Gasteiger partial charge in [0.25, 0.3) is 0 Å². The Morgan fingerprint density at radius 1 is 1.31 bits per heavy atom.